The third-order valence-corrected chi connectivity index (χ3v) is 5.72. The van der Waals surface area contributed by atoms with E-state index >= 15 is 0 Å². The van der Waals surface area contributed by atoms with Gasteiger partial charge in [-0.2, -0.15) is 4.31 Å². The van der Waals surface area contributed by atoms with Crippen LogP contribution in [0.15, 0.2) is 29.2 Å². The number of hydrogen-bond donors (Lipinski definition) is 1. The second-order valence-electron chi connectivity index (χ2n) is 5.20. The molecule has 0 spiro atoms. The Balaban J connectivity index is 2.29. The van der Waals surface area contributed by atoms with Crippen molar-refractivity contribution in [3.63, 3.8) is 0 Å². The standard InChI is InChI=1S/C15H24N2O2S/c1-3-15(16-4-2)13-8-7-9-14(12-13)20(18,19)17-10-5-6-11-17/h7-9,12,15-16H,3-6,10-11H2,1-2H3. The molecule has 4 nitrogen and oxygen atoms in total. The lowest BCUT2D eigenvalue weighted by atomic mass is 10.0. The molecule has 1 fully saturated rings. The third-order valence-electron chi connectivity index (χ3n) is 3.82. The van der Waals surface area contributed by atoms with Gasteiger partial charge in [0.05, 0.1) is 4.90 Å². The summed E-state index contributed by atoms with van der Waals surface area (Å²) in [5.74, 6) is 0. The van der Waals surface area contributed by atoms with Crippen molar-refractivity contribution in [2.24, 2.45) is 0 Å². The SMILES string of the molecule is CCNC(CC)c1cccc(S(=O)(=O)N2CCCC2)c1. The topological polar surface area (TPSA) is 49.4 Å². The van der Waals surface area contributed by atoms with Crippen molar-refractivity contribution in [1.82, 2.24) is 9.62 Å². The average Bonchev–Trinajstić information content (AvgIpc) is 3.00. The van der Waals surface area contributed by atoms with E-state index in [0.29, 0.717) is 18.0 Å². The zero-order valence-corrected chi connectivity index (χ0v) is 13.1. The van der Waals surface area contributed by atoms with Crippen LogP contribution < -0.4 is 5.32 Å². The lowest BCUT2D eigenvalue weighted by molar-refractivity contribution is 0.477. The molecule has 1 saturated heterocycles. The van der Waals surface area contributed by atoms with Crippen LogP contribution >= 0.6 is 0 Å². The highest BCUT2D eigenvalue weighted by atomic mass is 32.2. The van der Waals surface area contributed by atoms with E-state index in [1.807, 2.05) is 18.2 Å². The fourth-order valence-electron chi connectivity index (χ4n) is 2.71. The van der Waals surface area contributed by atoms with Gasteiger partial charge in [-0.05, 0) is 43.5 Å². The minimum absolute atomic E-state index is 0.216. The predicted molar refractivity (Wildman–Crippen MR) is 81.1 cm³/mol. The minimum Gasteiger partial charge on any atom is -0.310 e. The molecule has 0 amide bonds. The van der Waals surface area contributed by atoms with Crippen molar-refractivity contribution < 1.29 is 8.42 Å². The first-order chi connectivity index (χ1) is 9.59. The Bertz CT molecular complexity index is 537. The van der Waals surface area contributed by atoms with Crippen molar-refractivity contribution >= 4 is 10.0 Å². The Hall–Kier alpha value is -0.910. The maximum absolute atomic E-state index is 12.6. The van der Waals surface area contributed by atoms with E-state index in [1.54, 1.807) is 10.4 Å². The Kier molecular flexibility index (Phi) is 5.18. The van der Waals surface area contributed by atoms with E-state index in [9.17, 15) is 8.42 Å². The van der Waals surface area contributed by atoms with Gasteiger partial charge in [0.25, 0.3) is 0 Å². The summed E-state index contributed by atoms with van der Waals surface area (Å²) in [6.07, 6.45) is 2.88. The molecule has 0 aromatic heterocycles. The molecule has 20 heavy (non-hydrogen) atoms. The highest BCUT2D eigenvalue weighted by Crippen LogP contribution is 2.24. The molecule has 2 rings (SSSR count). The van der Waals surface area contributed by atoms with Crippen LogP contribution in [0.2, 0.25) is 0 Å². The maximum atomic E-state index is 12.6. The van der Waals surface area contributed by atoms with E-state index in [4.69, 9.17) is 0 Å². The summed E-state index contributed by atoms with van der Waals surface area (Å²) in [5.41, 5.74) is 1.05. The smallest absolute Gasteiger partial charge is 0.243 e. The van der Waals surface area contributed by atoms with E-state index in [0.717, 1.165) is 31.4 Å². The largest absolute Gasteiger partial charge is 0.310 e. The Morgan fingerprint density at radius 2 is 1.95 bits per heavy atom. The van der Waals surface area contributed by atoms with Crippen molar-refractivity contribution in [2.75, 3.05) is 19.6 Å². The number of rotatable bonds is 6. The molecule has 1 aliphatic heterocycles. The predicted octanol–water partition coefficient (Wildman–Crippen LogP) is 2.53. The molecule has 0 saturated carbocycles. The molecule has 1 aliphatic rings. The summed E-state index contributed by atoms with van der Waals surface area (Å²) in [5, 5.41) is 3.39. The monoisotopic (exact) mass is 296 g/mol. The van der Waals surface area contributed by atoms with Crippen molar-refractivity contribution in [1.29, 1.82) is 0 Å². The van der Waals surface area contributed by atoms with Gasteiger partial charge in [0.15, 0.2) is 0 Å². The Morgan fingerprint density at radius 3 is 2.55 bits per heavy atom. The maximum Gasteiger partial charge on any atom is 0.243 e. The summed E-state index contributed by atoms with van der Waals surface area (Å²) >= 11 is 0. The van der Waals surface area contributed by atoms with Crippen LogP contribution in [0.25, 0.3) is 0 Å². The van der Waals surface area contributed by atoms with Gasteiger partial charge in [0.2, 0.25) is 10.0 Å². The molecule has 1 aromatic carbocycles. The first-order valence-electron chi connectivity index (χ1n) is 7.43. The quantitative estimate of drug-likeness (QED) is 0.877. The molecular formula is C15H24N2O2S. The molecule has 0 bridgehead atoms. The van der Waals surface area contributed by atoms with Crippen LogP contribution in [-0.4, -0.2) is 32.4 Å². The lowest BCUT2D eigenvalue weighted by Gasteiger charge is -2.19. The average molecular weight is 296 g/mol. The van der Waals surface area contributed by atoms with Crippen molar-refractivity contribution in [3.05, 3.63) is 29.8 Å². The van der Waals surface area contributed by atoms with E-state index in [1.165, 1.54) is 0 Å². The highest BCUT2D eigenvalue weighted by molar-refractivity contribution is 7.89. The van der Waals surface area contributed by atoms with Crippen molar-refractivity contribution in [2.45, 2.75) is 44.0 Å². The Labute approximate surface area is 122 Å². The van der Waals surface area contributed by atoms with Gasteiger partial charge in [-0.15, -0.1) is 0 Å². The summed E-state index contributed by atoms with van der Waals surface area (Å²) in [7, 11) is -3.31. The highest BCUT2D eigenvalue weighted by Gasteiger charge is 2.27. The van der Waals surface area contributed by atoms with Gasteiger partial charge in [-0.3, -0.25) is 0 Å². The van der Waals surface area contributed by atoms with Crippen LogP contribution in [0.3, 0.4) is 0 Å². The Morgan fingerprint density at radius 1 is 1.25 bits per heavy atom. The fraction of sp³-hybridized carbons (Fsp3) is 0.600. The van der Waals surface area contributed by atoms with Crippen LogP contribution in [0.1, 0.15) is 44.7 Å². The van der Waals surface area contributed by atoms with Crippen LogP contribution in [0.5, 0.6) is 0 Å². The van der Waals surface area contributed by atoms with Gasteiger partial charge in [0.1, 0.15) is 0 Å². The number of nitrogens with zero attached hydrogens (tertiary/aromatic N) is 1. The number of nitrogens with one attached hydrogen (secondary N) is 1. The summed E-state index contributed by atoms with van der Waals surface area (Å²) in [6.45, 7) is 6.35. The third kappa shape index (κ3) is 3.22. The first-order valence-corrected chi connectivity index (χ1v) is 8.87. The van der Waals surface area contributed by atoms with Crippen LogP contribution in [-0.2, 0) is 10.0 Å². The number of benzene rings is 1. The van der Waals surface area contributed by atoms with Crippen LogP contribution in [0, 0.1) is 0 Å². The zero-order chi connectivity index (χ0) is 14.6. The first kappa shape index (κ1) is 15.5. The second kappa shape index (κ2) is 6.70. The molecule has 1 atom stereocenters. The molecule has 0 radical (unpaired) electrons. The van der Waals surface area contributed by atoms with E-state index in [2.05, 4.69) is 19.2 Å². The molecule has 1 heterocycles. The summed E-state index contributed by atoms with van der Waals surface area (Å²) in [4.78, 5) is 0.424. The lowest BCUT2D eigenvalue weighted by Crippen LogP contribution is -2.28. The summed E-state index contributed by atoms with van der Waals surface area (Å²) in [6, 6.07) is 7.59. The fourth-order valence-corrected chi connectivity index (χ4v) is 4.29. The van der Waals surface area contributed by atoms with E-state index < -0.39 is 10.0 Å². The molecule has 1 unspecified atom stereocenters. The minimum atomic E-state index is -3.31. The molecule has 1 N–H and O–H groups in total. The van der Waals surface area contributed by atoms with Gasteiger partial charge in [-0.1, -0.05) is 26.0 Å². The van der Waals surface area contributed by atoms with Gasteiger partial charge < -0.3 is 5.32 Å². The normalized spacial score (nSPS) is 18.3. The van der Waals surface area contributed by atoms with Crippen LogP contribution in [0.4, 0.5) is 0 Å². The number of hydrogen-bond acceptors (Lipinski definition) is 3. The van der Waals surface area contributed by atoms with E-state index in [-0.39, 0.29) is 6.04 Å². The molecule has 0 aliphatic carbocycles. The summed E-state index contributed by atoms with van der Waals surface area (Å²) < 4.78 is 26.7. The molecule has 1 aromatic rings. The molecule has 112 valence electrons. The molecular weight excluding hydrogens is 272 g/mol. The van der Waals surface area contributed by atoms with Crippen molar-refractivity contribution in [3.8, 4) is 0 Å². The van der Waals surface area contributed by atoms with Gasteiger partial charge in [-0.25, -0.2) is 8.42 Å². The second-order valence-corrected chi connectivity index (χ2v) is 7.14. The zero-order valence-electron chi connectivity index (χ0n) is 12.3. The van der Waals surface area contributed by atoms with Gasteiger partial charge in [0, 0.05) is 19.1 Å². The van der Waals surface area contributed by atoms with Gasteiger partial charge >= 0.3 is 0 Å². The number of sulfonamides is 1. The molecule has 5 heteroatoms.